The molecule has 3 amide bonds. The first-order valence-electron chi connectivity index (χ1n) is 10.0. The minimum absolute atomic E-state index is 0.270. The highest BCUT2D eigenvalue weighted by molar-refractivity contribution is 7.22. The van der Waals surface area contributed by atoms with E-state index in [-0.39, 0.29) is 11.9 Å². The van der Waals surface area contributed by atoms with Crippen LogP contribution >= 0.6 is 11.3 Å². The lowest BCUT2D eigenvalue weighted by Crippen LogP contribution is -2.53. The number of hydrogen-bond acceptors (Lipinski definition) is 6. The summed E-state index contributed by atoms with van der Waals surface area (Å²) in [6.07, 6.45) is 0.376. The van der Waals surface area contributed by atoms with Crippen molar-refractivity contribution in [3.63, 3.8) is 0 Å². The van der Waals surface area contributed by atoms with E-state index in [4.69, 9.17) is 9.47 Å². The Balaban J connectivity index is 1.50. The number of methoxy groups -OCH3 is 1. The van der Waals surface area contributed by atoms with Crippen LogP contribution in [0.4, 0.5) is 9.93 Å². The van der Waals surface area contributed by atoms with Crippen LogP contribution in [0.1, 0.15) is 5.56 Å². The van der Waals surface area contributed by atoms with Crippen LogP contribution in [0.3, 0.4) is 0 Å². The molecule has 0 bridgehead atoms. The highest BCUT2D eigenvalue weighted by Crippen LogP contribution is 2.29. The first kappa shape index (κ1) is 21.1. The normalized spacial score (nSPS) is 14.8. The summed E-state index contributed by atoms with van der Waals surface area (Å²) >= 11 is 1.36. The van der Waals surface area contributed by atoms with Crippen LogP contribution in [0.25, 0.3) is 10.2 Å². The van der Waals surface area contributed by atoms with Crippen molar-refractivity contribution >= 4 is 38.6 Å². The molecule has 0 aliphatic carbocycles. The first-order chi connectivity index (χ1) is 15.1. The number of hydrogen-bond donors (Lipinski definition) is 2. The van der Waals surface area contributed by atoms with Gasteiger partial charge in [-0.05, 0) is 23.8 Å². The topological polar surface area (TPSA) is 92.8 Å². The molecule has 2 aromatic carbocycles. The third-order valence-corrected chi connectivity index (χ3v) is 5.95. The zero-order chi connectivity index (χ0) is 21.6. The average Bonchev–Trinajstić information content (AvgIpc) is 3.21. The summed E-state index contributed by atoms with van der Waals surface area (Å²) in [4.78, 5) is 32.0. The second-order valence-electron chi connectivity index (χ2n) is 7.13. The van der Waals surface area contributed by atoms with E-state index in [1.54, 1.807) is 12.0 Å². The largest absolute Gasteiger partial charge is 0.497 e. The number of thiazole rings is 1. The number of nitrogens with zero attached hydrogens (tertiary/aromatic N) is 2. The van der Waals surface area contributed by atoms with E-state index in [0.717, 1.165) is 21.5 Å². The van der Waals surface area contributed by atoms with Crippen LogP contribution < -0.4 is 15.4 Å². The van der Waals surface area contributed by atoms with E-state index >= 15 is 0 Å². The molecule has 31 heavy (non-hydrogen) atoms. The number of fused-ring (bicyclic) bond motifs is 1. The lowest BCUT2D eigenvalue weighted by Gasteiger charge is -2.29. The Bertz CT molecular complexity index is 1050. The van der Waals surface area contributed by atoms with Crippen LogP contribution in [-0.4, -0.2) is 61.3 Å². The van der Waals surface area contributed by atoms with Crippen LogP contribution in [0.2, 0.25) is 0 Å². The van der Waals surface area contributed by atoms with Crippen LogP contribution in [0.15, 0.2) is 48.5 Å². The van der Waals surface area contributed by atoms with Gasteiger partial charge >= 0.3 is 6.03 Å². The molecule has 0 radical (unpaired) electrons. The number of morpholine rings is 1. The molecule has 2 heterocycles. The standard InChI is InChI=1S/C22H24N4O4S/c1-29-16-7-8-17-19(14-16)31-21(23-17)25-20(27)18(13-15-5-3-2-4-6-15)24-22(28)26-9-11-30-12-10-26/h2-8,14,18H,9-13H2,1H3,(H,24,28)(H,23,25,27)/t18-/m0/s1. The SMILES string of the molecule is COc1ccc2nc(NC(=O)[C@H](Cc3ccccc3)NC(=O)N3CCOCC3)sc2c1. The number of ether oxygens (including phenoxy) is 2. The first-order valence-corrected chi connectivity index (χ1v) is 10.9. The molecule has 1 atom stereocenters. The van der Waals surface area contributed by atoms with Crippen molar-refractivity contribution in [1.82, 2.24) is 15.2 Å². The summed E-state index contributed by atoms with van der Waals surface area (Å²) in [6.45, 7) is 2.01. The molecular formula is C22H24N4O4S. The number of carbonyl (C=O) groups is 2. The van der Waals surface area contributed by atoms with Gasteiger partial charge in [-0.3, -0.25) is 4.79 Å². The van der Waals surface area contributed by atoms with Gasteiger partial charge in [0.15, 0.2) is 5.13 Å². The van der Waals surface area contributed by atoms with Crippen molar-refractivity contribution in [1.29, 1.82) is 0 Å². The van der Waals surface area contributed by atoms with Crippen LogP contribution in [0, 0.1) is 0 Å². The number of nitrogens with one attached hydrogen (secondary N) is 2. The molecule has 2 N–H and O–H groups in total. The zero-order valence-electron chi connectivity index (χ0n) is 17.2. The van der Waals surface area contributed by atoms with Gasteiger partial charge in [-0.15, -0.1) is 0 Å². The Morgan fingerprint density at radius 2 is 1.97 bits per heavy atom. The van der Waals surface area contributed by atoms with Crippen molar-refractivity contribution in [2.75, 3.05) is 38.7 Å². The monoisotopic (exact) mass is 440 g/mol. The predicted octanol–water partition coefficient (Wildman–Crippen LogP) is 2.90. The molecule has 0 unspecified atom stereocenters. The van der Waals surface area contributed by atoms with Crippen molar-refractivity contribution in [3.05, 3.63) is 54.1 Å². The maximum atomic E-state index is 13.1. The highest BCUT2D eigenvalue weighted by atomic mass is 32.1. The number of carbonyl (C=O) groups excluding carboxylic acids is 2. The van der Waals surface area contributed by atoms with E-state index in [0.29, 0.717) is 37.9 Å². The molecule has 1 aromatic heterocycles. The summed E-state index contributed by atoms with van der Waals surface area (Å²) in [5, 5.41) is 6.23. The second-order valence-corrected chi connectivity index (χ2v) is 8.16. The van der Waals surface area contributed by atoms with Crippen molar-refractivity contribution in [2.24, 2.45) is 0 Å². The smallest absolute Gasteiger partial charge is 0.318 e. The minimum Gasteiger partial charge on any atom is -0.497 e. The zero-order valence-corrected chi connectivity index (χ0v) is 18.0. The van der Waals surface area contributed by atoms with Gasteiger partial charge in [0.25, 0.3) is 0 Å². The maximum absolute atomic E-state index is 13.1. The van der Waals surface area contributed by atoms with E-state index < -0.39 is 6.04 Å². The number of amides is 3. The molecule has 1 aliphatic heterocycles. The minimum atomic E-state index is -0.737. The Kier molecular flexibility index (Phi) is 6.63. The van der Waals surface area contributed by atoms with Crippen molar-refractivity contribution in [3.8, 4) is 5.75 Å². The summed E-state index contributed by atoms with van der Waals surface area (Å²) < 4.78 is 11.5. The molecule has 1 saturated heterocycles. The van der Waals surface area contributed by atoms with Gasteiger partial charge in [-0.1, -0.05) is 41.7 Å². The second kappa shape index (κ2) is 9.76. The molecule has 4 rings (SSSR count). The lowest BCUT2D eigenvalue weighted by molar-refractivity contribution is -0.118. The number of rotatable bonds is 6. The quantitative estimate of drug-likeness (QED) is 0.615. The van der Waals surface area contributed by atoms with E-state index in [2.05, 4.69) is 15.6 Å². The van der Waals surface area contributed by atoms with Crippen LogP contribution in [-0.2, 0) is 16.0 Å². The summed E-state index contributed by atoms with van der Waals surface area (Å²) in [6, 6.07) is 14.2. The Hall–Kier alpha value is -3.17. The van der Waals surface area contributed by atoms with E-state index in [9.17, 15) is 9.59 Å². The van der Waals surface area contributed by atoms with Crippen molar-refractivity contribution in [2.45, 2.75) is 12.5 Å². The molecule has 162 valence electrons. The van der Waals surface area contributed by atoms with Gasteiger partial charge in [-0.2, -0.15) is 0 Å². The molecule has 1 aliphatic rings. The third-order valence-electron chi connectivity index (χ3n) is 5.02. The highest BCUT2D eigenvalue weighted by Gasteiger charge is 2.26. The summed E-state index contributed by atoms with van der Waals surface area (Å²) in [7, 11) is 1.61. The molecule has 0 spiro atoms. The number of urea groups is 1. The molecule has 1 fully saturated rings. The van der Waals surface area contributed by atoms with E-state index in [1.165, 1.54) is 11.3 Å². The maximum Gasteiger partial charge on any atom is 0.318 e. The number of aromatic nitrogens is 1. The van der Waals surface area contributed by atoms with Gasteiger partial charge in [0, 0.05) is 19.5 Å². The molecule has 8 nitrogen and oxygen atoms in total. The fourth-order valence-corrected chi connectivity index (χ4v) is 4.24. The van der Waals surface area contributed by atoms with Crippen molar-refractivity contribution < 1.29 is 19.1 Å². The molecular weight excluding hydrogens is 416 g/mol. The average molecular weight is 441 g/mol. The third kappa shape index (κ3) is 5.31. The Labute approximate surface area is 184 Å². The van der Waals surface area contributed by atoms with Gasteiger partial charge in [0.2, 0.25) is 5.91 Å². The molecule has 0 saturated carbocycles. The fourth-order valence-electron chi connectivity index (χ4n) is 3.34. The van der Waals surface area contributed by atoms with Gasteiger partial charge in [-0.25, -0.2) is 9.78 Å². The molecule has 3 aromatic rings. The Morgan fingerprint density at radius 3 is 2.71 bits per heavy atom. The lowest BCUT2D eigenvalue weighted by atomic mass is 10.1. The van der Waals surface area contributed by atoms with Gasteiger partial charge in [0.1, 0.15) is 11.8 Å². The predicted molar refractivity (Wildman–Crippen MR) is 120 cm³/mol. The van der Waals surface area contributed by atoms with Gasteiger partial charge in [0.05, 0.1) is 30.5 Å². The van der Waals surface area contributed by atoms with Crippen LogP contribution in [0.5, 0.6) is 5.75 Å². The molecule has 9 heteroatoms. The number of benzene rings is 2. The number of anilines is 1. The van der Waals surface area contributed by atoms with Gasteiger partial charge < -0.3 is 25.0 Å². The van der Waals surface area contributed by atoms with E-state index in [1.807, 2.05) is 48.5 Å². The summed E-state index contributed by atoms with van der Waals surface area (Å²) in [5.74, 6) is 0.422. The fraction of sp³-hybridized carbons (Fsp3) is 0.318. The summed E-state index contributed by atoms with van der Waals surface area (Å²) in [5.41, 5.74) is 1.73. The Morgan fingerprint density at radius 1 is 1.19 bits per heavy atom.